The summed E-state index contributed by atoms with van der Waals surface area (Å²) in [6.07, 6.45) is 3.08. The molecular formula is C15H22N4O3S. The first kappa shape index (κ1) is 15.1. The van der Waals surface area contributed by atoms with Crippen molar-refractivity contribution in [2.24, 2.45) is 0 Å². The largest absolute Gasteiger partial charge is 0.335 e. The first-order chi connectivity index (χ1) is 11.0. The second-order valence-electron chi connectivity index (χ2n) is 6.87. The van der Waals surface area contributed by atoms with Crippen molar-refractivity contribution < 1.29 is 13.2 Å². The predicted molar refractivity (Wildman–Crippen MR) is 85.1 cm³/mol. The lowest BCUT2D eigenvalue weighted by Crippen LogP contribution is -2.52. The third-order valence-corrected chi connectivity index (χ3v) is 6.91. The van der Waals surface area contributed by atoms with Crippen LogP contribution in [0.25, 0.3) is 0 Å². The highest BCUT2D eigenvalue weighted by molar-refractivity contribution is 7.91. The number of carbonyl (C=O) groups is 1. The van der Waals surface area contributed by atoms with E-state index in [9.17, 15) is 13.2 Å². The van der Waals surface area contributed by atoms with Gasteiger partial charge in [0.2, 0.25) is 0 Å². The van der Waals surface area contributed by atoms with Gasteiger partial charge in [-0.1, -0.05) is 0 Å². The number of aromatic nitrogens is 2. The van der Waals surface area contributed by atoms with E-state index in [0.29, 0.717) is 30.5 Å². The van der Waals surface area contributed by atoms with Crippen LogP contribution in [0.1, 0.15) is 41.4 Å². The Labute approximate surface area is 135 Å². The third kappa shape index (κ3) is 3.14. The van der Waals surface area contributed by atoms with E-state index in [0.717, 1.165) is 25.2 Å². The van der Waals surface area contributed by atoms with Crippen molar-refractivity contribution in [2.45, 2.75) is 31.2 Å². The number of rotatable bonds is 3. The van der Waals surface area contributed by atoms with E-state index < -0.39 is 9.84 Å². The molecule has 1 aromatic heterocycles. The van der Waals surface area contributed by atoms with E-state index >= 15 is 0 Å². The summed E-state index contributed by atoms with van der Waals surface area (Å²) in [4.78, 5) is 16.6. The minimum absolute atomic E-state index is 0.0214. The summed E-state index contributed by atoms with van der Waals surface area (Å²) in [7, 11) is -2.85. The summed E-state index contributed by atoms with van der Waals surface area (Å²) in [5.74, 6) is 1.11. The Morgan fingerprint density at radius 2 is 1.91 bits per heavy atom. The van der Waals surface area contributed by atoms with Gasteiger partial charge in [0.1, 0.15) is 5.69 Å². The summed E-state index contributed by atoms with van der Waals surface area (Å²) in [6.45, 7) is 2.76. The van der Waals surface area contributed by atoms with E-state index in [2.05, 4.69) is 15.1 Å². The van der Waals surface area contributed by atoms with Crippen LogP contribution in [0, 0.1) is 0 Å². The molecule has 0 bridgehead atoms. The Morgan fingerprint density at radius 1 is 1.17 bits per heavy atom. The quantitative estimate of drug-likeness (QED) is 0.853. The molecule has 8 heteroatoms. The molecule has 1 aromatic rings. The lowest BCUT2D eigenvalue weighted by molar-refractivity contribution is 0.0582. The van der Waals surface area contributed by atoms with Gasteiger partial charge < -0.3 is 4.90 Å². The second kappa shape index (κ2) is 5.59. The van der Waals surface area contributed by atoms with Gasteiger partial charge in [-0.3, -0.25) is 14.8 Å². The van der Waals surface area contributed by atoms with Gasteiger partial charge in [-0.2, -0.15) is 5.10 Å². The Balaban J connectivity index is 1.34. The van der Waals surface area contributed by atoms with E-state index in [-0.39, 0.29) is 17.7 Å². The first-order valence-corrected chi connectivity index (χ1v) is 10.1. The summed E-state index contributed by atoms with van der Waals surface area (Å²) < 4.78 is 23.2. The summed E-state index contributed by atoms with van der Waals surface area (Å²) in [5, 5.41) is 7.13. The number of piperazine rings is 1. The number of nitrogens with one attached hydrogen (secondary N) is 1. The van der Waals surface area contributed by atoms with Crippen molar-refractivity contribution in [1.82, 2.24) is 20.0 Å². The molecule has 1 amide bonds. The smallest absolute Gasteiger partial charge is 0.274 e. The standard InChI is InChI=1S/C15H22N4O3S/c20-15(14-9-13(16-17-14)11-1-2-11)19-6-4-18(5-7-19)12-3-8-23(21,22)10-12/h9,11-12H,1-8,10H2,(H,16,17)/t12-/m1/s1. The number of nitrogens with zero attached hydrogens (tertiary/aromatic N) is 3. The van der Waals surface area contributed by atoms with Crippen LogP contribution in [0.2, 0.25) is 0 Å². The van der Waals surface area contributed by atoms with E-state index in [1.165, 1.54) is 12.8 Å². The molecule has 3 aliphatic rings. The highest BCUT2D eigenvalue weighted by Gasteiger charge is 2.35. The maximum absolute atomic E-state index is 12.5. The number of hydrogen-bond acceptors (Lipinski definition) is 5. The number of sulfone groups is 1. The fraction of sp³-hybridized carbons (Fsp3) is 0.733. The van der Waals surface area contributed by atoms with E-state index in [1.54, 1.807) is 0 Å². The highest BCUT2D eigenvalue weighted by atomic mass is 32.2. The molecule has 2 saturated heterocycles. The maximum Gasteiger partial charge on any atom is 0.274 e. The monoisotopic (exact) mass is 338 g/mol. The van der Waals surface area contributed by atoms with Crippen molar-refractivity contribution in [3.05, 3.63) is 17.5 Å². The van der Waals surface area contributed by atoms with Gasteiger partial charge in [-0.25, -0.2) is 8.42 Å². The van der Waals surface area contributed by atoms with Gasteiger partial charge in [-0.05, 0) is 25.3 Å². The zero-order chi connectivity index (χ0) is 16.0. The van der Waals surface area contributed by atoms with Gasteiger partial charge in [0.15, 0.2) is 9.84 Å². The highest BCUT2D eigenvalue weighted by Crippen LogP contribution is 2.39. The Kier molecular flexibility index (Phi) is 3.68. The van der Waals surface area contributed by atoms with Crippen LogP contribution in [0.5, 0.6) is 0 Å². The van der Waals surface area contributed by atoms with Crippen LogP contribution in [-0.2, 0) is 9.84 Å². The minimum Gasteiger partial charge on any atom is -0.335 e. The van der Waals surface area contributed by atoms with Crippen LogP contribution >= 0.6 is 0 Å². The molecule has 126 valence electrons. The van der Waals surface area contributed by atoms with Crippen LogP contribution < -0.4 is 0 Å². The lowest BCUT2D eigenvalue weighted by atomic mass is 10.2. The van der Waals surface area contributed by atoms with Gasteiger partial charge in [0, 0.05) is 43.8 Å². The Bertz CT molecular complexity index is 702. The number of carbonyl (C=O) groups excluding carboxylic acids is 1. The molecule has 23 heavy (non-hydrogen) atoms. The maximum atomic E-state index is 12.5. The molecule has 0 spiro atoms. The molecule has 1 atom stereocenters. The van der Waals surface area contributed by atoms with Crippen LogP contribution in [0.3, 0.4) is 0 Å². The van der Waals surface area contributed by atoms with Crippen LogP contribution in [0.4, 0.5) is 0 Å². The topological polar surface area (TPSA) is 86.4 Å². The van der Waals surface area contributed by atoms with Crippen LogP contribution in [-0.4, -0.2) is 78.0 Å². The van der Waals surface area contributed by atoms with Crippen molar-refractivity contribution in [3.63, 3.8) is 0 Å². The zero-order valence-corrected chi connectivity index (χ0v) is 13.9. The molecule has 3 fully saturated rings. The molecule has 0 aromatic carbocycles. The number of aromatic amines is 1. The van der Waals surface area contributed by atoms with Crippen molar-refractivity contribution in [1.29, 1.82) is 0 Å². The fourth-order valence-corrected chi connectivity index (χ4v) is 5.33. The predicted octanol–water partition coefficient (Wildman–Crippen LogP) is 0.232. The molecule has 2 aliphatic heterocycles. The first-order valence-electron chi connectivity index (χ1n) is 8.31. The number of amides is 1. The van der Waals surface area contributed by atoms with Crippen molar-refractivity contribution >= 4 is 15.7 Å². The SMILES string of the molecule is O=C(c1cc(C2CC2)[nH]n1)N1CCN([C@@H]2CCS(=O)(=O)C2)CC1. The molecule has 4 rings (SSSR count). The zero-order valence-electron chi connectivity index (χ0n) is 13.1. The number of hydrogen-bond donors (Lipinski definition) is 1. The number of H-pyrrole nitrogens is 1. The molecule has 0 unspecified atom stereocenters. The third-order valence-electron chi connectivity index (χ3n) is 5.16. The molecule has 1 saturated carbocycles. The molecule has 3 heterocycles. The molecule has 1 aliphatic carbocycles. The Hall–Kier alpha value is -1.41. The Morgan fingerprint density at radius 3 is 2.52 bits per heavy atom. The van der Waals surface area contributed by atoms with Gasteiger partial charge >= 0.3 is 0 Å². The lowest BCUT2D eigenvalue weighted by Gasteiger charge is -2.37. The molecular weight excluding hydrogens is 316 g/mol. The van der Waals surface area contributed by atoms with Gasteiger partial charge in [0.25, 0.3) is 5.91 Å². The van der Waals surface area contributed by atoms with Crippen molar-refractivity contribution in [3.8, 4) is 0 Å². The fourth-order valence-electron chi connectivity index (χ4n) is 3.57. The van der Waals surface area contributed by atoms with E-state index in [1.807, 2.05) is 11.0 Å². The summed E-state index contributed by atoms with van der Waals surface area (Å²) in [5.41, 5.74) is 1.58. The minimum atomic E-state index is -2.85. The summed E-state index contributed by atoms with van der Waals surface area (Å²) in [6, 6.07) is 2.01. The average Bonchev–Trinajstić information content (AvgIpc) is 3.16. The normalized spacial score (nSPS) is 28.2. The van der Waals surface area contributed by atoms with Crippen molar-refractivity contribution in [2.75, 3.05) is 37.7 Å². The van der Waals surface area contributed by atoms with Gasteiger partial charge in [0.05, 0.1) is 11.5 Å². The molecule has 1 N–H and O–H groups in total. The van der Waals surface area contributed by atoms with Gasteiger partial charge in [-0.15, -0.1) is 0 Å². The summed E-state index contributed by atoms with van der Waals surface area (Å²) >= 11 is 0. The molecule has 0 radical (unpaired) electrons. The van der Waals surface area contributed by atoms with E-state index in [4.69, 9.17) is 0 Å². The molecule has 7 nitrogen and oxygen atoms in total. The second-order valence-corrected chi connectivity index (χ2v) is 9.10. The van der Waals surface area contributed by atoms with Crippen LogP contribution in [0.15, 0.2) is 6.07 Å². The average molecular weight is 338 g/mol.